The predicted molar refractivity (Wildman–Crippen MR) is 122 cm³/mol. The lowest BCUT2D eigenvalue weighted by atomic mass is 9.96. The summed E-state index contributed by atoms with van der Waals surface area (Å²) in [6.45, 7) is 3.72. The van der Waals surface area contributed by atoms with Crippen LogP contribution in [0.25, 0.3) is 0 Å². The predicted octanol–water partition coefficient (Wildman–Crippen LogP) is 4.32. The van der Waals surface area contributed by atoms with E-state index in [9.17, 15) is 14.4 Å². The second kappa shape index (κ2) is 12.2. The summed E-state index contributed by atoms with van der Waals surface area (Å²) in [5.74, 6) is -1.19. The molecule has 0 spiro atoms. The molecule has 0 aliphatic rings. The van der Waals surface area contributed by atoms with Crippen molar-refractivity contribution in [1.82, 2.24) is 0 Å². The van der Waals surface area contributed by atoms with E-state index in [0.717, 1.165) is 0 Å². The van der Waals surface area contributed by atoms with E-state index in [1.807, 2.05) is 0 Å². The largest absolute Gasteiger partial charge is 0.494 e. The number of nitrogens with one attached hydrogen (secondary N) is 1. The van der Waals surface area contributed by atoms with Crippen molar-refractivity contribution in [1.29, 1.82) is 0 Å². The van der Waals surface area contributed by atoms with Crippen LogP contribution in [-0.4, -0.2) is 41.1 Å². The Kier molecular flexibility index (Phi) is 9.67. The molecule has 2 aromatic rings. The highest BCUT2D eigenvalue weighted by atomic mass is 79.9. The molecule has 0 saturated heterocycles. The van der Waals surface area contributed by atoms with Crippen molar-refractivity contribution < 1.29 is 34.1 Å². The van der Waals surface area contributed by atoms with E-state index in [1.54, 1.807) is 43.3 Å². The van der Waals surface area contributed by atoms with Crippen LogP contribution in [0.3, 0.4) is 0 Å². The van der Waals surface area contributed by atoms with Crippen LogP contribution < -0.4 is 14.8 Å². The van der Waals surface area contributed by atoms with Crippen LogP contribution in [0.15, 0.2) is 40.9 Å². The van der Waals surface area contributed by atoms with Crippen LogP contribution in [0, 0.1) is 12.8 Å². The summed E-state index contributed by atoms with van der Waals surface area (Å²) >= 11 is 3.40. The third kappa shape index (κ3) is 7.65. The van der Waals surface area contributed by atoms with Crippen LogP contribution in [0.4, 0.5) is 5.69 Å². The molecule has 0 aliphatic heterocycles. The molecule has 1 amide bonds. The first-order valence-corrected chi connectivity index (χ1v) is 10.9. The van der Waals surface area contributed by atoms with Gasteiger partial charge in [-0.05, 0) is 84.9 Å². The second-order valence-corrected chi connectivity index (χ2v) is 8.10. The number of Topliss-reactive ketones (excluding diaryl/α,β-unsaturated/α-hetero) is 1. The summed E-state index contributed by atoms with van der Waals surface area (Å²) in [5, 5.41) is 20.1. The Labute approximate surface area is 194 Å². The Morgan fingerprint density at radius 1 is 1.09 bits per heavy atom. The summed E-state index contributed by atoms with van der Waals surface area (Å²) < 4.78 is 12.2. The van der Waals surface area contributed by atoms with Gasteiger partial charge >= 0.3 is 11.9 Å². The van der Waals surface area contributed by atoms with E-state index in [-0.39, 0.29) is 18.3 Å². The third-order valence-electron chi connectivity index (χ3n) is 4.79. The number of rotatable bonds is 11. The first-order chi connectivity index (χ1) is 15.2. The van der Waals surface area contributed by atoms with E-state index < -0.39 is 11.9 Å². The van der Waals surface area contributed by atoms with Crippen molar-refractivity contribution in [3.8, 4) is 17.2 Å². The molecule has 0 aromatic heterocycles. The molecule has 8 nitrogen and oxygen atoms in total. The summed E-state index contributed by atoms with van der Waals surface area (Å²) in [6.07, 6.45) is 1.83. The molecule has 2 rings (SSSR count). The zero-order valence-electron chi connectivity index (χ0n) is 17.9. The van der Waals surface area contributed by atoms with Crippen molar-refractivity contribution in [2.75, 3.05) is 18.5 Å². The zero-order valence-corrected chi connectivity index (χ0v) is 19.5. The molecule has 2 aromatic carbocycles. The molecule has 0 saturated carbocycles. The van der Waals surface area contributed by atoms with E-state index in [2.05, 4.69) is 21.2 Å². The number of carbonyl (C=O) groups excluding carboxylic acids is 2. The van der Waals surface area contributed by atoms with E-state index >= 15 is 0 Å². The molecule has 0 aliphatic carbocycles. The Balaban J connectivity index is 1.95. The van der Waals surface area contributed by atoms with Gasteiger partial charge in [0.05, 0.1) is 11.1 Å². The molecule has 0 fully saturated rings. The van der Waals surface area contributed by atoms with Gasteiger partial charge < -0.3 is 25.0 Å². The molecule has 0 radical (unpaired) electrons. The maximum atomic E-state index is 11.5. The lowest BCUT2D eigenvalue weighted by Gasteiger charge is -2.14. The molecule has 1 atom stereocenters. The number of aryl methyl sites for hydroxylation is 1. The van der Waals surface area contributed by atoms with Crippen molar-refractivity contribution in [2.24, 2.45) is 5.92 Å². The van der Waals surface area contributed by atoms with Gasteiger partial charge in [0.25, 0.3) is 0 Å². The SMILES string of the molecule is CC(=O)C(CCO)CCCOc1ccc(Oc2cc(NC(=O)C(=O)O)c(C)cc2Br)cc1. The van der Waals surface area contributed by atoms with Crippen LogP contribution in [0.2, 0.25) is 0 Å². The lowest BCUT2D eigenvalue weighted by molar-refractivity contribution is -0.147. The third-order valence-corrected chi connectivity index (χ3v) is 5.41. The van der Waals surface area contributed by atoms with Gasteiger partial charge in [0, 0.05) is 24.3 Å². The molecule has 32 heavy (non-hydrogen) atoms. The highest BCUT2D eigenvalue weighted by Gasteiger charge is 2.15. The minimum absolute atomic E-state index is 0.00289. The molecule has 3 N–H and O–H groups in total. The topological polar surface area (TPSA) is 122 Å². The first-order valence-electron chi connectivity index (χ1n) is 10.1. The monoisotopic (exact) mass is 507 g/mol. The number of aliphatic hydroxyl groups excluding tert-OH is 1. The minimum atomic E-state index is -1.57. The lowest BCUT2D eigenvalue weighted by Crippen LogP contribution is -2.22. The maximum absolute atomic E-state index is 11.5. The molecule has 0 heterocycles. The average Bonchev–Trinajstić information content (AvgIpc) is 2.74. The number of anilines is 1. The van der Waals surface area contributed by atoms with Gasteiger partial charge in [-0.25, -0.2) is 4.79 Å². The number of amides is 1. The Hall–Kier alpha value is -2.91. The van der Waals surface area contributed by atoms with E-state index in [0.29, 0.717) is 58.8 Å². The Morgan fingerprint density at radius 3 is 2.34 bits per heavy atom. The Morgan fingerprint density at radius 2 is 1.75 bits per heavy atom. The normalized spacial score (nSPS) is 11.5. The fourth-order valence-corrected chi connectivity index (χ4v) is 3.54. The smallest absolute Gasteiger partial charge is 0.394 e. The molecule has 9 heteroatoms. The number of halogens is 1. The zero-order chi connectivity index (χ0) is 23.7. The maximum Gasteiger partial charge on any atom is 0.394 e. The fourth-order valence-electron chi connectivity index (χ4n) is 3.00. The number of benzene rings is 2. The van der Waals surface area contributed by atoms with Crippen molar-refractivity contribution in [3.05, 3.63) is 46.4 Å². The van der Waals surface area contributed by atoms with Gasteiger partial charge in [0.15, 0.2) is 0 Å². The number of carboxylic acid groups (broad SMARTS) is 1. The number of hydrogen-bond donors (Lipinski definition) is 3. The summed E-state index contributed by atoms with van der Waals surface area (Å²) in [4.78, 5) is 33.8. The molecular weight excluding hydrogens is 482 g/mol. The average molecular weight is 508 g/mol. The highest BCUT2D eigenvalue weighted by molar-refractivity contribution is 9.10. The van der Waals surface area contributed by atoms with Crippen LogP contribution in [0.5, 0.6) is 17.2 Å². The van der Waals surface area contributed by atoms with E-state index in [1.165, 1.54) is 6.92 Å². The van der Waals surface area contributed by atoms with E-state index in [4.69, 9.17) is 19.7 Å². The molecular formula is C23H26BrNO7. The number of hydrogen-bond acceptors (Lipinski definition) is 6. The Bertz CT molecular complexity index is 960. The van der Waals surface area contributed by atoms with Crippen LogP contribution in [0.1, 0.15) is 31.7 Å². The standard InChI is InChI=1S/C23H26BrNO7/c1-14-12-19(24)21(13-20(14)25-22(28)23(29)30)32-18-7-5-17(6-8-18)31-11-3-4-16(9-10-26)15(2)27/h5-8,12-13,16,26H,3-4,9-11H2,1-2H3,(H,25,28)(H,29,30). The van der Waals surface area contributed by atoms with Crippen LogP contribution in [-0.2, 0) is 14.4 Å². The van der Waals surface area contributed by atoms with Crippen LogP contribution >= 0.6 is 15.9 Å². The number of aliphatic hydroxyl groups is 1. The van der Waals surface area contributed by atoms with Gasteiger partial charge in [0.2, 0.25) is 0 Å². The minimum Gasteiger partial charge on any atom is -0.494 e. The highest BCUT2D eigenvalue weighted by Crippen LogP contribution is 2.35. The summed E-state index contributed by atoms with van der Waals surface area (Å²) in [5.41, 5.74) is 1.01. The van der Waals surface area contributed by atoms with Gasteiger partial charge in [0.1, 0.15) is 23.0 Å². The molecule has 0 bridgehead atoms. The number of carboxylic acids is 1. The van der Waals surface area contributed by atoms with Gasteiger partial charge in [-0.1, -0.05) is 0 Å². The molecule has 1 unspecified atom stereocenters. The number of ether oxygens (including phenoxy) is 2. The summed E-state index contributed by atoms with van der Waals surface area (Å²) in [7, 11) is 0. The molecule has 172 valence electrons. The fraction of sp³-hybridized carbons (Fsp3) is 0.348. The van der Waals surface area contributed by atoms with Gasteiger partial charge in [-0.3, -0.25) is 9.59 Å². The second-order valence-electron chi connectivity index (χ2n) is 7.24. The van der Waals surface area contributed by atoms with Crippen molar-refractivity contribution >= 4 is 39.3 Å². The first kappa shape index (κ1) is 25.4. The van der Waals surface area contributed by atoms with Crippen molar-refractivity contribution in [3.63, 3.8) is 0 Å². The number of carbonyl (C=O) groups is 3. The summed E-state index contributed by atoms with van der Waals surface area (Å²) in [6, 6.07) is 10.2. The number of ketones is 1. The number of aliphatic carboxylic acids is 1. The van der Waals surface area contributed by atoms with Gasteiger partial charge in [-0.15, -0.1) is 0 Å². The van der Waals surface area contributed by atoms with Gasteiger partial charge in [-0.2, -0.15) is 0 Å². The quantitative estimate of drug-likeness (QED) is 0.305. The van der Waals surface area contributed by atoms with Crippen molar-refractivity contribution in [2.45, 2.75) is 33.1 Å².